The average molecular weight is 221 g/mol. The minimum atomic E-state index is 0.558. The lowest BCUT2D eigenvalue weighted by Crippen LogP contribution is -2.12. The first kappa shape index (κ1) is 9.25. The van der Waals surface area contributed by atoms with Crippen molar-refractivity contribution in [2.75, 3.05) is 13.1 Å². The van der Waals surface area contributed by atoms with Gasteiger partial charge in [0.15, 0.2) is 0 Å². The van der Waals surface area contributed by atoms with Crippen LogP contribution in [0.4, 0.5) is 0 Å². The molecule has 1 fully saturated rings. The molecule has 1 aromatic heterocycles. The Kier molecular flexibility index (Phi) is 2.19. The Morgan fingerprint density at radius 2 is 2.27 bits per heavy atom. The molecular formula is C12H13ClN2. The smallest absolute Gasteiger partial charge is 0.0672 e. The van der Waals surface area contributed by atoms with E-state index in [-0.39, 0.29) is 0 Å². The van der Waals surface area contributed by atoms with Gasteiger partial charge in [0.05, 0.1) is 10.5 Å². The van der Waals surface area contributed by atoms with Gasteiger partial charge in [-0.3, -0.25) is 0 Å². The van der Waals surface area contributed by atoms with E-state index in [2.05, 4.69) is 28.2 Å². The summed E-state index contributed by atoms with van der Waals surface area (Å²) in [6, 6.07) is 8.77. The summed E-state index contributed by atoms with van der Waals surface area (Å²) in [6.45, 7) is 2.16. The van der Waals surface area contributed by atoms with Gasteiger partial charge in [0, 0.05) is 24.2 Å². The van der Waals surface area contributed by atoms with E-state index in [0.29, 0.717) is 6.04 Å². The number of fused-ring (bicyclic) bond motifs is 1. The molecule has 0 amide bonds. The molecule has 2 nitrogen and oxygen atoms in total. The highest BCUT2D eigenvalue weighted by Gasteiger charge is 2.18. The molecule has 0 radical (unpaired) electrons. The van der Waals surface area contributed by atoms with Gasteiger partial charge in [0.1, 0.15) is 0 Å². The number of aromatic nitrogens is 1. The molecule has 0 saturated carbocycles. The second kappa shape index (κ2) is 3.54. The number of hydrogen-bond donors (Lipinski definition) is 1. The third-order valence-corrected chi connectivity index (χ3v) is 3.42. The molecule has 1 atom stereocenters. The van der Waals surface area contributed by atoms with Crippen molar-refractivity contribution in [1.29, 1.82) is 0 Å². The monoisotopic (exact) mass is 220 g/mol. The van der Waals surface area contributed by atoms with Crippen LogP contribution >= 0.6 is 11.6 Å². The molecule has 1 unspecified atom stereocenters. The van der Waals surface area contributed by atoms with E-state index in [4.69, 9.17) is 11.6 Å². The van der Waals surface area contributed by atoms with Gasteiger partial charge in [-0.05, 0) is 25.1 Å². The normalized spacial score (nSPS) is 21.3. The molecular weight excluding hydrogens is 208 g/mol. The standard InChI is InChI=1S/C12H13ClN2/c13-11-3-1-2-9-5-7-15(12(9)11)10-4-6-14-8-10/h1-3,5,7,10,14H,4,6,8H2. The van der Waals surface area contributed by atoms with Crippen molar-refractivity contribution in [1.82, 2.24) is 9.88 Å². The summed E-state index contributed by atoms with van der Waals surface area (Å²) in [5, 5.41) is 5.46. The largest absolute Gasteiger partial charge is 0.342 e. The fourth-order valence-corrected chi connectivity index (χ4v) is 2.63. The lowest BCUT2D eigenvalue weighted by Gasteiger charge is -2.13. The number of halogens is 1. The summed E-state index contributed by atoms with van der Waals surface area (Å²) in [4.78, 5) is 0. The Hall–Kier alpha value is -0.990. The number of rotatable bonds is 1. The summed E-state index contributed by atoms with van der Waals surface area (Å²) in [7, 11) is 0. The number of nitrogens with zero attached hydrogens (tertiary/aromatic N) is 1. The van der Waals surface area contributed by atoms with E-state index in [0.717, 1.165) is 18.1 Å². The van der Waals surface area contributed by atoms with Crippen molar-refractivity contribution in [3.05, 3.63) is 35.5 Å². The molecule has 2 aromatic rings. The van der Waals surface area contributed by atoms with E-state index in [1.54, 1.807) is 0 Å². The molecule has 1 aliphatic heterocycles. The molecule has 2 heterocycles. The van der Waals surface area contributed by atoms with Crippen LogP contribution in [0.3, 0.4) is 0 Å². The van der Waals surface area contributed by atoms with Gasteiger partial charge in [0.2, 0.25) is 0 Å². The summed E-state index contributed by atoms with van der Waals surface area (Å²) < 4.78 is 2.30. The van der Waals surface area contributed by atoms with Crippen LogP contribution in [0.2, 0.25) is 5.02 Å². The molecule has 0 bridgehead atoms. The molecule has 0 spiro atoms. The summed E-state index contributed by atoms with van der Waals surface area (Å²) in [5.41, 5.74) is 1.17. The zero-order valence-corrected chi connectivity index (χ0v) is 9.17. The van der Waals surface area contributed by atoms with Gasteiger partial charge < -0.3 is 9.88 Å². The number of para-hydroxylation sites is 1. The molecule has 3 rings (SSSR count). The van der Waals surface area contributed by atoms with E-state index in [9.17, 15) is 0 Å². The van der Waals surface area contributed by atoms with Crippen LogP contribution in [0.25, 0.3) is 10.9 Å². The summed E-state index contributed by atoms with van der Waals surface area (Å²) in [5.74, 6) is 0. The fraction of sp³-hybridized carbons (Fsp3) is 0.333. The molecule has 3 heteroatoms. The molecule has 1 saturated heterocycles. The lowest BCUT2D eigenvalue weighted by molar-refractivity contribution is 0.565. The van der Waals surface area contributed by atoms with Crippen LogP contribution in [0.15, 0.2) is 30.5 Å². The predicted octanol–water partition coefficient (Wildman–Crippen LogP) is 2.83. The molecule has 1 aromatic carbocycles. The van der Waals surface area contributed by atoms with E-state index in [1.807, 2.05) is 12.1 Å². The SMILES string of the molecule is Clc1cccc2ccn(C3CCNC3)c12. The Morgan fingerprint density at radius 3 is 3.07 bits per heavy atom. The topological polar surface area (TPSA) is 17.0 Å². The van der Waals surface area contributed by atoms with E-state index in [1.165, 1.54) is 17.3 Å². The second-order valence-corrected chi connectivity index (χ2v) is 4.45. The van der Waals surface area contributed by atoms with Crippen LogP contribution in [-0.2, 0) is 0 Å². The van der Waals surface area contributed by atoms with Crippen molar-refractivity contribution in [3.63, 3.8) is 0 Å². The van der Waals surface area contributed by atoms with Gasteiger partial charge in [-0.15, -0.1) is 0 Å². The van der Waals surface area contributed by atoms with Crippen LogP contribution in [-0.4, -0.2) is 17.7 Å². The highest BCUT2D eigenvalue weighted by molar-refractivity contribution is 6.35. The van der Waals surface area contributed by atoms with Crippen LogP contribution in [0.5, 0.6) is 0 Å². The molecule has 1 N–H and O–H groups in total. The number of nitrogens with one attached hydrogen (secondary N) is 1. The van der Waals surface area contributed by atoms with Gasteiger partial charge in [-0.2, -0.15) is 0 Å². The third-order valence-electron chi connectivity index (χ3n) is 3.12. The quantitative estimate of drug-likeness (QED) is 0.782. The number of benzene rings is 1. The minimum absolute atomic E-state index is 0.558. The Labute approximate surface area is 93.8 Å². The minimum Gasteiger partial charge on any atom is -0.342 e. The molecule has 1 aliphatic rings. The van der Waals surface area contributed by atoms with Crippen molar-refractivity contribution in [2.45, 2.75) is 12.5 Å². The summed E-state index contributed by atoms with van der Waals surface area (Å²) in [6.07, 6.45) is 3.34. The maximum atomic E-state index is 6.24. The van der Waals surface area contributed by atoms with E-state index < -0.39 is 0 Å². The molecule has 78 valence electrons. The van der Waals surface area contributed by atoms with E-state index >= 15 is 0 Å². The van der Waals surface area contributed by atoms with Crippen LogP contribution in [0.1, 0.15) is 12.5 Å². The Bertz CT molecular complexity index is 483. The highest BCUT2D eigenvalue weighted by Crippen LogP contribution is 2.29. The van der Waals surface area contributed by atoms with Gasteiger partial charge >= 0.3 is 0 Å². The van der Waals surface area contributed by atoms with Gasteiger partial charge in [-0.25, -0.2) is 0 Å². The lowest BCUT2D eigenvalue weighted by atomic mass is 10.2. The fourth-order valence-electron chi connectivity index (χ4n) is 2.36. The van der Waals surface area contributed by atoms with Crippen LogP contribution < -0.4 is 5.32 Å². The van der Waals surface area contributed by atoms with Gasteiger partial charge in [-0.1, -0.05) is 23.7 Å². The third kappa shape index (κ3) is 1.45. The zero-order valence-electron chi connectivity index (χ0n) is 8.41. The Balaban J connectivity index is 2.18. The maximum absolute atomic E-state index is 6.24. The Morgan fingerprint density at radius 1 is 1.33 bits per heavy atom. The van der Waals surface area contributed by atoms with Crippen molar-refractivity contribution in [3.8, 4) is 0 Å². The first-order chi connectivity index (χ1) is 7.36. The first-order valence-electron chi connectivity index (χ1n) is 5.32. The van der Waals surface area contributed by atoms with Crippen molar-refractivity contribution in [2.24, 2.45) is 0 Å². The predicted molar refractivity (Wildman–Crippen MR) is 63.5 cm³/mol. The summed E-state index contributed by atoms with van der Waals surface area (Å²) >= 11 is 6.24. The van der Waals surface area contributed by atoms with Crippen LogP contribution in [0, 0.1) is 0 Å². The number of hydrogen-bond acceptors (Lipinski definition) is 1. The molecule has 15 heavy (non-hydrogen) atoms. The average Bonchev–Trinajstić information content (AvgIpc) is 2.85. The van der Waals surface area contributed by atoms with Crippen molar-refractivity contribution < 1.29 is 0 Å². The van der Waals surface area contributed by atoms with Gasteiger partial charge in [0.25, 0.3) is 0 Å². The maximum Gasteiger partial charge on any atom is 0.0672 e. The first-order valence-corrected chi connectivity index (χ1v) is 5.70. The zero-order chi connectivity index (χ0) is 10.3. The highest BCUT2D eigenvalue weighted by atomic mass is 35.5. The molecule has 0 aliphatic carbocycles. The second-order valence-electron chi connectivity index (χ2n) is 4.05. The van der Waals surface area contributed by atoms with Crippen molar-refractivity contribution >= 4 is 22.5 Å².